The average molecular weight is 544 g/mol. The van der Waals surface area contributed by atoms with E-state index in [9.17, 15) is 9.59 Å². The zero-order valence-electron chi connectivity index (χ0n) is 23.3. The number of amides is 1. The molecule has 0 aliphatic carbocycles. The number of fused-ring (bicyclic) bond motifs is 1. The number of benzene rings is 3. The molecule has 1 aliphatic heterocycles. The van der Waals surface area contributed by atoms with Crippen LogP contribution in [-0.2, 0) is 9.47 Å². The van der Waals surface area contributed by atoms with Crippen molar-refractivity contribution in [1.82, 2.24) is 0 Å². The molecule has 1 amide bonds. The highest BCUT2D eigenvalue weighted by atomic mass is 16.7. The van der Waals surface area contributed by atoms with Crippen LogP contribution in [0.4, 0.5) is 5.69 Å². The minimum absolute atomic E-state index is 0.0143. The highest BCUT2D eigenvalue weighted by Gasteiger charge is 2.39. The van der Waals surface area contributed by atoms with Crippen LogP contribution in [0.5, 0.6) is 11.5 Å². The number of rotatable bonds is 7. The number of hydrogen-bond donors (Lipinski definition) is 1. The first-order valence-corrected chi connectivity index (χ1v) is 13.2. The molecular weight excluding hydrogens is 510 g/mol. The van der Waals surface area contributed by atoms with Gasteiger partial charge in [0.15, 0.2) is 0 Å². The fraction of sp³-hybridized carbons (Fsp3) is 0.312. The van der Waals surface area contributed by atoms with E-state index in [0.29, 0.717) is 40.0 Å². The maximum atomic E-state index is 13.2. The molecule has 8 heteroatoms. The molecule has 208 valence electrons. The van der Waals surface area contributed by atoms with E-state index in [2.05, 4.69) is 5.32 Å². The van der Waals surface area contributed by atoms with E-state index in [1.54, 1.807) is 44.6 Å². The molecule has 1 aromatic heterocycles. The second-order valence-corrected chi connectivity index (χ2v) is 10.4. The number of ether oxygens (including phenoxy) is 4. The molecule has 0 bridgehead atoms. The van der Waals surface area contributed by atoms with Crippen LogP contribution in [0.3, 0.4) is 0 Å². The fourth-order valence-electron chi connectivity index (χ4n) is 5.14. The third kappa shape index (κ3) is 5.46. The summed E-state index contributed by atoms with van der Waals surface area (Å²) in [6, 6.07) is 20.0. The van der Waals surface area contributed by atoms with Gasteiger partial charge >= 0.3 is 5.63 Å². The van der Waals surface area contributed by atoms with Gasteiger partial charge in [0.2, 0.25) is 6.29 Å². The van der Waals surface area contributed by atoms with Crippen molar-refractivity contribution in [2.24, 2.45) is 0 Å². The Labute approximate surface area is 232 Å². The molecule has 2 unspecified atom stereocenters. The first-order chi connectivity index (χ1) is 19.2. The van der Waals surface area contributed by atoms with E-state index in [1.165, 1.54) is 0 Å². The molecule has 5 rings (SSSR count). The molecule has 2 heterocycles. The van der Waals surface area contributed by atoms with E-state index >= 15 is 0 Å². The van der Waals surface area contributed by atoms with Crippen LogP contribution in [0, 0.1) is 6.92 Å². The molecule has 40 heavy (non-hydrogen) atoms. The van der Waals surface area contributed by atoms with Crippen molar-refractivity contribution < 1.29 is 28.2 Å². The van der Waals surface area contributed by atoms with Crippen molar-refractivity contribution >= 4 is 22.6 Å². The van der Waals surface area contributed by atoms with Gasteiger partial charge in [0.05, 0.1) is 18.8 Å². The SMILES string of the molecule is COc1ccc(C(=O)Nc2cc3ccc(OC4CCC(OC)C(C)(C)O4)c(C)c3oc2=O)cc1-c1ccccc1. The predicted molar refractivity (Wildman–Crippen MR) is 153 cm³/mol. The van der Waals surface area contributed by atoms with Crippen LogP contribution in [0.2, 0.25) is 0 Å². The Balaban J connectivity index is 1.37. The summed E-state index contributed by atoms with van der Waals surface area (Å²) in [5, 5.41) is 3.36. The number of methoxy groups -OCH3 is 2. The summed E-state index contributed by atoms with van der Waals surface area (Å²) in [5.74, 6) is 0.771. The average Bonchev–Trinajstić information content (AvgIpc) is 2.95. The number of aryl methyl sites for hydroxylation is 1. The molecule has 2 atom stereocenters. The largest absolute Gasteiger partial charge is 0.496 e. The maximum Gasteiger partial charge on any atom is 0.360 e. The summed E-state index contributed by atoms with van der Waals surface area (Å²) < 4.78 is 29.0. The Hall–Kier alpha value is -4.14. The van der Waals surface area contributed by atoms with Gasteiger partial charge in [0, 0.05) is 35.6 Å². The number of anilines is 1. The third-order valence-electron chi connectivity index (χ3n) is 7.31. The Morgan fingerprint density at radius 3 is 2.42 bits per heavy atom. The molecule has 1 N–H and O–H groups in total. The molecule has 0 saturated carbocycles. The van der Waals surface area contributed by atoms with Gasteiger partial charge in [0.25, 0.3) is 5.91 Å². The number of hydrogen-bond acceptors (Lipinski definition) is 7. The van der Waals surface area contributed by atoms with Crippen molar-refractivity contribution in [3.05, 3.63) is 88.3 Å². The topological polar surface area (TPSA) is 96.2 Å². The molecule has 0 radical (unpaired) electrons. The molecule has 1 saturated heterocycles. The van der Waals surface area contributed by atoms with Gasteiger partial charge in [-0.25, -0.2) is 4.79 Å². The third-order valence-corrected chi connectivity index (χ3v) is 7.31. The number of carbonyl (C=O) groups is 1. The highest BCUT2D eigenvalue weighted by Crippen LogP contribution is 2.35. The van der Waals surface area contributed by atoms with E-state index in [-0.39, 0.29) is 11.8 Å². The predicted octanol–water partition coefficient (Wildman–Crippen LogP) is 6.34. The Morgan fingerprint density at radius 1 is 0.975 bits per heavy atom. The van der Waals surface area contributed by atoms with E-state index < -0.39 is 23.4 Å². The van der Waals surface area contributed by atoms with Crippen LogP contribution in [0.15, 0.2) is 75.9 Å². The number of nitrogens with one attached hydrogen (secondary N) is 1. The second kappa shape index (κ2) is 11.2. The van der Waals surface area contributed by atoms with Crippen LogP contribution in [0.25, 0.3) is 22.1 Å². The molecular formula is C32H33NO7. The lowest BCUT2D eigenvalue weighted by Gasteiger charge is -2.41. The van der Waals surface area contributed by atoms with Gasteiger partial charge in [-0.3, -0.25) is 4.79 Å². The van der Waals surface area contributed by atoms with Gasteiger partial charge in [-0.15, -0.1) is 0 Å². The first-order valence-electron chi connectivity index (χ1n) is 13.2. The smallest absolute Gasteiger partial charge is 0.360 e. The van der Waals surface area contributed by atoms with Crippen molar-refractivity contribution in [2.45, 2.75) is 51.6 Å². The molecule has 1 aliphatic rings. The van der Waals surface area contributed by atoms with Crippen LogP contribution >= 0.6 is 0 Å². The van der Waals surface area contributed by atoms with E-state index in [0.717, 1.165) is 17.5 Å². The summed E-state index contributed by atoms with van der Waals surface area (Å²) in [6.07, 6.45) is 1.01. The van der Waals surface area contributed by atoms with Crippen LogP contribution in [0.1, 0.15) is 42.6 Å². The summed E-state index contributed by atoms with van der Waals surface area (Å²) in [5.41, 5.74) is 2.02. The van der Waals surface area contributed by atoms with Crippen LogP contribution < -0.4 is 20.4 Å². The molecule has 0 spiro atoms. The lowest BCUT2D eigenvalue weighted by molar-refractivity contribution is -0.233. The maximum absolute atomic E-state index is 13.2. The van der Waals surface area contributed by atoms with E-state index in [1.807, 2.05) is 57.2 Å². The fourth-order valence-corrected chi connectivity index (χ4v) is 5.14. The highest BCUT2D eigenvalue weighted by molar-refractivity contribution is 6.05. The van der Waals surface area contributed by atoms with Gasteiger partial charge in [0.1, 0.15) is 22.8 Å². The van der Waals surface area contributed by atoms with Crippen molar-refractivity contribution in [3.63, 3.8) is 0 Å². The van der Waals surface area contributed by atoms with Crippen molar-refractivity contribution in [2.75, 3.05) is 19.5 Å². The zero-order chi connectivity index (χ0) is 28.4. The van der Waals surface area contributed by atoms with Gasteiger partial charge in [-0.05, 0) is 69.2 Å². The van der Waals surface area contributed by atoms with Crippen LogP contribution in [-0.4, -0.2) is 38.1 Å². The van der Waals surface area contributed by atoms with E-state index in [4.69, 9.17) is 23.4 Å². The molecule has 3 aromatic carbocycles. The summed E-state index contributed by atoms with van der Waals surface area (Å²) in [4.78, 5) is 26.1. The summed E-state index contributed by atoms with van der Waals surface area (Å²) in [6.45, 7) is 5.79. The molecule has 4 aromatic rings. The van der Waals surface area contributed by atoms with Gasteiger partial charge in [-0.1, -0.05) is 30.3 Å². The summed E-state index contributed by atoms with van der Waals surface area (Å²) >= 11 is 0. The lowest BCUT2D eigenvalue weighted by Crippen LogP contribution is -2.49. The number of carbonyl (C=O) groups excluding carboxylic acids is 1. The Kier molecular flexibility index (Phi) is 7.65. The monoisotopic (exact) mass is 543 g/mol. The minimum Gasteiger partial charge on any atom is -0.496 e. The van der Waals surface area contributed by atoms with Gasteiger partial charge in [-0.2, -0.15) is 0 Å². The minimum atomic E-state index is -0.657. The first kappa shape index (κ1) is 27.4. The Bertz CT molecular complexity index is 1590. The second-order valence-electron chi connectivity index (χ2n) is 10.4. The molecule has 1 fully saturated rings. The zero-order valence-corrected chi connectivity index (χ0v) is 23.3. The lowest BCUT2D eigenvalue weighted by atomic mass is 9.94. The van der Waals surface area contributed by atoms with Crippen molar-refractivity contribution in [3.8, 4) is 22.6 Å². The quantitative estimate of drug-likeness (QED) is 0.272. The van der Waals surface area contributed by atoms with Gasteiger partial charge < -0.3 is 28.7 Å². The Morgan fingerprint density at radius 2 is 1.73 bits per heavy atom. The normalized spacial score (nSPS) is 18.3. The molecule has 8 nitrogen and oxygen atoms in total. The van der Waals surface area contributed by atoms with Crippen molar-refractivity contribution in [1.29, 1.82) is 0 Å². The standard InChI is InChI=1S/C32H33NO7/c1-19-25(38-28-16-15-27(37-5)32(2,3)40-28)13-11-21-18-24(31(35)39-29(19)21)33-30(34)22-12-14-26(36-4)23(17-22)20-9-7-6-8-10-20/h6-14,17-18,27-28H,15-16H2,1-5H3,(H,33,34). The summed E-state index contributed by atoms with van der Waals surface area (Å²) in [7, 11) is 3.27.